The first-order valence-corrected chi connectivity index (χ1v) is 6.23. The Morgan fingerprint density at radius 3 is 2.65 bits per heavy atom. The van der Waals surface area contributed by atoms with E-state index in [1.54, 1.807) is 12.3 Å². The van der Waals surface area contributed by atoms with Crippen LogP contribution in [0.25, 0.3) is 22.3 Å². The fraction of sp³-hybridized carbons (Fsp3) is 0.0625. The van der Waals surface area contributed by atoms with Crippen LogP contribution in [0.15, 0.2) is 54.7 Å². The molecule has 2 aromatic heterocycles. The molecule has 0 radical (unpaired) electrons. The first-order chi connectivity index (χ1) is 9.74. The number of hydrogen-bond donors (Lipinski definition) is 0. The first-order valence-electron chi connectivity index (χ1n) is 6.23. The number of nitrogens with zero attached hydrogens (tertiary/aromatic N) is 2. The maximum Gasteiger partial charge on any atom is 0.308 e. The molecule has 0 aliphatic heterocycles. The van der Waals surface area contributed by atoms with Crippen LogP contribution in [0.2, 0.25) is 0 Å². The molecule has 3 rings (SSSR count). The number of hydrogen-bond acceptors (Lipinski definition) is 4. The van der Waals surface area contributed by atoms with Gasteiger partial charge in [-0.1, -0.05) is 24.3 Å². The van der Waals surface area contributed by atoms with E-state index < -0.39 is 0 Å². The summed E-state index contributed by atoms with van der Waals surface area (Å²) >= 11 is 0. The van der Waals surface area contributed by atoms with Gasteiger partial charge < -0.3 is 4.74 Å². The molecule has 0 unspecified atom stereocenters. The van der Waals surface area contributed by atoms with Crippen molar-refractivity contribution >= 4 is 16.9 Å². The predicted molar refractivity (Wildman–Crippen MR) is 76.3 cm³/mol. The van der Waals surface area contributed by atoms with Crippen LogP contribution in [-0.2, 0) is 4.79 Å². The molecule has 0 spiro atoms. The predicted octanol–water partition coefficient (Wildman–Crippen LogP) is 3.22. The van der Waals surface area contributed by atoms with Gasteiger partial charge in [-0.05, 0) is 24.3 Å². The Kier molecular flexibility index (Phi) is 3.13. The molecule has 3 aromatic rings. The van der Waals surface area contributed by atoms with Gasteiger partial charge >= 0.3 is 5.97 Å². The number of esters is 1. The lowest BCUT2D eigenvalue weighted by molar-refractivity contribution is -0.131. The van der Waals surface area contributed by atoms with Gasteiger partial charge in [0.1, 0.15) is 5.52 Å². The molecule has 4 heteroatoms. The van der Waals surface area contributed by atoms with Crippen LogP contribution in [-0.4, -0.2) is 15.9 Å². The number of carbonyl (C=O) groups is 1. The second-order valence-electron chi connectivity index (χ2n) is 4.33. The van der Waals surface area contributed by atoms with Crippen LogP contribution < -0.4 is 4.74 Å². The highest BCUT2D eigenvalue weighted by Crippen LogP contribution is 2.26. The van der Waals surface area contributed by atoms with E-state index in [4.69, 9.17) is 4.74 Å². The molecule has 0 aliphatic carbocycles. The minimum absolute atomic E-state index is 0.359. The van der Waals surface area contributed by atoms with Gasteiger partial charge in [0.2, 0.25) is 0 Å². The van der Waals surface area contributed by atoms with Gasteiger partial charge in [0.25, 0.3) is 0 Å². The number of rotatable bonds is 2. The molecule has 0 saturated heterocycles. The minimum atomic E-state index is -0.359. The van der Waals surface area contributed by atoms with Crippen molar-refractivity contribution in [3.63, 3.8) is 0 Å². The van der Waals surface area contributed by atoms with Crippen molar-refractivity contribution < 1.29 is 9.53 Å². The molecule has 0 fully saturated rings. The second-order valence-corrected chi connectivity index (χ2v) is 4.33. The normalized spacial score (nSPS) is 10.4. The average molecular weight is 264 g/mol. The van der Waals surface area contributed by atoms with Crippen LogP contribution >= 0.6 is 0 Å². The summed E-state index contributed by atoms with van der Waals surface area (Å²) < 4.78 is 5.20. The lowest BCUT2D eigenvalue weighted by Gasteiger charge is -2.07. The standard InChI is InChI=1S/C16H12N2O2/c1-11(19)20-15-7-4-5-12-8-9-14(18-16(12)15)13-6-2-3-10-17-13/h2-10H,1H3. The molecule has 0 saturated carbocycles. The zero-order valence-electron chi connectivity index (χ0n) is 10.9. The average Bonchev–Trinajstić information content (AvgIpc) is 2.47. The summed E-state index contributed by atoms with van der Waals surface area (Å²) in [5, 5.41) is 0.920. The minimum Gasteiger partial charge on any atom is -0.424 e. The number of fused-ring (bicyclic) bond motifs is 1. The number of para-hydroxylation sites is 1. The van der Waals surface area contributed by atoms with Gasteiger partial charge in [-0.15, -0.1) is 0 Å². The highest BCUT2D eigenvalue weighted by molar-refractivity contribution is 5.88. The molecule has 0 atom stereocenters. The van der Waals surface area contributed by atoms with Crippen molar-refractivity contribution in [2.45, 2.75) is 6.92 Å². The number of pyridine rings is 2. The summed E-state index contributed by atoms with van der Waals surface area (Å²) in [7, 11) is 0. The van der Waals surface area contributed by atoms with E-state index in [9.17, 15) is 4.79 Å². The molecule has 0 bridgehead atoms. The highest BCUT2D eigenvalue weighted by atomic mass is 16.5. The lowest BCUT2D eigenvalue weighted by Crippen LogP contribution is -2.02. The number of benzene rings is 1. The first kappa shape index (κ1) is 12.3. The van der Waals surface area contributed by atoms with Gasteiger partial charge in [-0.3, -0.25) is 9.78 Å². The van der Waals surface area contributed by atoms with E-state index in [1.165, 1.54) is 6.92 Å². The van der Waals surface area contributed by atoms with Crippen LogP contribution in [0.4, 0.5) is 0 Å². The molecule has 20 heavy (non-hydrogen) atoms. The van der Waals surface area contributed by atoms with Crippen molar-refractivity contribution in [2.24, 2.45) is 0 Å². The number of aromatic nitrogens is 2. The smallest absolute Gasteiger partial charge is 0.308 e. The third-order valence-electron chi connectivity index (χ3n) is 2.86. The Balaban J connectivity index is 2.16. The van der Waals surface area contributed by atoms with Gasteiger partial charge in [0.15, 0.2) is 5.75 Å². The third kappa shape index (κ3) is 2.36. The summed E-state index contributed by atoms with van der Waals surface area (Å²) in [4.78, 5) is 20.0. The van der Waals surface area contributed by atoms with E-state index >= 15 is 0 Å². The zero-order chi connectivity index (χ0) is 13.9. The van der Waals surface area contributed by atoms with Crippen LogP contribution in [0.1, 0.15) is 6.92 Å². The van der Waals surface area contributed by atoms with Gasteiger partial charge in [0, 0.05) is 18.5 Å². The molecule has 0 N–H and O–H groups in total. The van der Waals surface area contributed by atoms with Crippen LogP contribution in [0.5, 0.6) is 5.75 Å². The van der Waals surface area contributed by atoms with Gasteiger partial charge in [-0.25, -0.2) is 4.98 Å². The molecule has 1 aromatic carbocycles. The molecular formula is C16H12N2O2. The Labute approximate surface area is 116 Å². The van der Waals surface area contributed by atoms with Crippen LogP contribution in [0, 0.1) is 0 Å². The summed E-state index contributed by atoms with van der Waals surface area (Å²) in [5.41, 5.74) is 2.19. The van der Waals surface area contributed by atoms with Crippen molar-refractivity contribution in [2.75, 3.05) is 0 Å². The second kappa shape index (κ2) is 5.09. The van der Waals surface area contributed by atoms with Gasteiger partial charge in [-0.2, -0.15) is 0 Å². The molecule has 2 heterocycles. The molecule has 98 valence electrons. The molecular weight excluding hydrogens is 252 g/mol. The maximum absolute atomic E-state index is 11.1. The topological polar surface area (TPSA) is 52.1 Å². The lowest BCUT2D eigenvalue weighted by atomic mass is 10.1. The Morgan fingerprint density at radius 1 is 1.00 bits per heavy atom. The molecule has 4 nitrogen and oxygen atoms in total. The molecule has 0 aliphatic rings. The summed E-state index contributed by atoms with van der Waals surface area (Å²) in [6.07, 6.45) is 1.72. The maximum atomic E-state index is 11.1. The summed E-state index contributed by atoms with van der Waals surface area (Å²) in [5.74, 6) is 0.107. The Hall–Kier alpha value is -2.75. The Bertz CT molecular complexity index is 770. The SMILES string of the molecule is CC(=O)Oc1cccc2ccc(-c3ccccn3)nc12. The Morgan fingerprint density at radius 2 is 1.90 bits per heavy atom. The van der Waals surface area contributed by atoms with Crippen molar-refractivity contribution in [1.82, 2.24) is 9.97 Å². The monoisotopic (exact) mass is 264 g/mol. The number of ether oxygens (including phenoxy) is 1. The van der Waals surface area contributed by atoms with E-state index in [2.05, 4.69) is 9.97 Å². The fourth-order valence-corrected chi connectivity index (χ4v) is 2.01. The van der Waals surface area contributed by atoms with E-state index in [0.29, 0.717) is 11.3 Å². The number of carbonyl (C=O) groups excluding carboxylic acids is 1. The van der Waals surface area contributed by atoms with Gasteiger partial charge in [0.05, 0.1) is 11.4 Å². The quantitative estimate of drug-likeness (QED) is 0.526. The summed E-state index contributed by atoms with van der Waals surface area (Å²) in [6.45, 7) is 1.38. The van der Waals surface area contributed by atoms with E-state index in [-0.39, 0.29) is 5.97 Å². The fourth-order valence-electron chi connectivity index (χ4n) is 2.01. The van der Waals surface area contributed by atoms with E-state index in [0.717, 1.165) is 16.8 Å². The molecule has 0 amide bonds. The van der Waals surface area contributed by atoms with Crippen molar-refractivity contribution in [3.8, 4) is 17.1 Å². The van der Waals surface area contributed by atoms with E-state index in [1.807, 2.05) is 42.5 Å². The van der Waals surface area contributed by atoms with Crippen LogP contribution in [0.3, 0.4) is 0 Å². The highest BCUT2D eigenvalue weighted by Gasteiger charge is 2.08. The largest absolute Gasteiger partial charge is 0.424 e. The third-order valence-corrected chi connectivity index (χ3v) is 2.86. The van der Waals surface area contributed by atoms with Crippen molar-refractivity contribution in [3.05, 3.63) is 54.7 Å². The van der Waals surface area contributed by atoms with Crippen molar-refractivity contribution in [1.29, 1.82) is 0 Å². The zero-order valence-corrected chi connectivity index (χ0v) is 10.9. The summed E-state index contributed by atoms with van der Waals surface area (Å²) in [6, 6.07) is 15.0.